The molecule has 0 radical (unpaired) electrons. The minimum atomic E-state index is -0.121. The van der Waals surface area contributed by atoms with Crippen molar-refractivity contribution in [2.75, 3.05) is 19.6 Å². The van der Waals surface area contributed by atoms with Crippen LogP contribution in [0, 0.1) is 5.92 Å². The topological polar surface area (TPSA) is 63.4 Å². The molecule has 2 N–H and O–H groups in total. The SMILES string of the molecule is Cl.NCC1CCN(C(=O)c2ccccc2C(=O)c2ccccc2)C1. The first-order chi connectivity index (χ1) is 11.2. The maximum atomic E-state index is 12.8. The second-order valence-corrected chi connectivity index (χ2v) is 5.88. The Balaban J connectivity index is 0.00000208. The van der Waals surface area contributed by atoms with Gasteiger partial charge < -0.3 is 10.6 Å². The first-order valence-electron chi connectivity index (χ1n) is 7.89. The number of hydrogen-bond donors (Lipinski definition) is 1. The van der Waals surface area contributed by atoms with Gasteiger partial charge in [0.1, 0.15) is 0 Å². The summed E-state index contributed by atoms with van der Waals surface area (Å²) in [5, 5.41) is 0. The predicted molar refractivity (Wildman–Crippen MR) is 96.6 cm³/mol. The highest BCUT2D eigenvalue weighted by atomic mass is 35.5. The van der Waals surface area contributed by atoms with E-state index < -0.39 is 0 Å². The number of nitrogens with two attached hydrogens (primary N) is 1. The van der Waals surface area contributed by atoms with Gasteiger partial charge in [-0.1, -0.05) is 48.5 Å². The van der Waals surface area contributed by atoms with Crippen LogP contribution in [0.1, 0.15) is 32.7 Å². The maximum absolute atomic E-state index is 12.8. The van der Waals surface area contributed by atoms with E-state index in [-0.39, 0.29) is 24.1 Å². The summed E-state index contributed by atoms with van der Waals surface area (Å²) in [6.07, 6.45) is 0.928. The van der Waals surface area contributed by atoms with Crippen molar-refractivity contribution in [1.29, 1.82) is 0 Å². The summed E-state index contributed by atoms with van der Waals surface area (Å²) >= 11 is 0. The Hall–Kier alpha value is -2.17. The Morgan fingerprint density at radius 3 is 2.25 bits per heavy atom. The van der Waals surface area contributed by atoms with Gasteiger partial charge >= 0.3 is 0 Å². The second-order valence-electron chi connectivity index (χ2n) is 5.88. The molecule has 126 valence electrons. The molecule has 1 saturated heterocycles. The van der Waals surface area contributed by atoms with Crippen LogP contribution in [-0.2, 0) is 0 Å². The fourth-order valence-corrected chi connectivity index (χ4v) is 2.99. The van der Waals surface area contributed by atoms with Crippen molar-refractivity contribution in [2.24, 2.45) is 11.7 Å². The van der Waals surface area contributed by atoms with Crippen molar-refractivity contribution in [3.05, 3.63) is 71.3 Å². The van der Waals surface area contributed by atoms with E-state index in [1.807, 2.05) is 18.2 Å². The van der Waals surface area contributed by atoms with Crippen LogP contribution in [0.15, 0.2) is 54.6 Å². The normalized spacial score (nSPS) is 16.5. The van der Waals surface area contributed by atoms with Crippen molar-refractivity contribution >= 4 is 24.1 Å². The van der Waals surface area contributed by atoms with Gasteiger partial charge in [-0.05, 0) is 24.9 Å². The van der Waals surface area contributed by atoms with Gasteiger partial charge in [0.25, 0.3) is 5.91 Å². The molecule has 0 aromatic heterocycles. The third-order valence-corrected chi connectivity index (χ3v) is 4.34. The van der Waals surface area contributed by atoms with E-state index in [1.54, 1.807) is 41.3 Å². The third-order valence-electron chi connectivity index (χ3n) is 4.34. The van der Waals surface area contributed by atoms with Crippen LogP contribution in [0.3, 0.4) is 0 Å². The molecule has 1 heterocycles. The van der Waals surface area contributed by atoms with Gasteiger partial charge in [-0.15, -0.1) is 12.4 Å². The number of halogens is 1. The number of benzene rings is 2. The molecule has 0 spiro atoms. The Morgan fingerprint density at radius 1 is 1.00 bits per heavy atom. The number of carbonyl (C=O) groups is 2. The highest BCUT2D eigenvalue weighted by Gasteiger charge is 2.28. The molecule has 1 aliphatic heterocycles. The number of carbonyl (C=O) groups excluding carboxylic acids is 2. The second kappa shape index (κ2) is 8.08. The van der Waals surface area contributed by atoms with E-state index in [4.69, 9.17) is 5.73 Å². The summed E-state index contributed by atoms with van der Waals surface area (Å²) in [5.74, 6) is 0.154. The van der Waals surface area contributed by atoms with E-state index >= 15 is 0 Å². The number of ketones is 1. The first-order valence-corrected chi connectivity index (χ1v) is 7.89. The summed E-state index contributed by atoms with van der Waals surface area (Å²) < 4.78 is 0. The van der Waals surface area contributed by atoms with Crippen LogP contribution in [0.2, 0.25) is 0 Å². The average molecular weight is 345 g/mol. The maximum Gasteiger partial charge on any atom is 0.254 e. The molecular formula is C19H21ClN2O2. The molecule has 3 rings (SSSR count). The van der Waals surface area contributed by atoms with Gasteiger partial charge in [-0.3, -0.25) is 9.59 Å². The van der Waals surface area contributed by atoms with Gasteiger partial charge in [-0.25, -0.2) is 0 Å². The zero-order chi connectivity index (χ0) is 16.2. The van der Waals surface area contributed by atoms with Crippen molar-refractivity contribution in [2.45, 2.75) is 6.42 Å². The van der Waals surface area contributed by atoms with Crippen LogP contribution < -0.4 is 5.73 Å². The highest BCUT2D eigenvalue weighted by molar-refractivity contribution is 6.15. The van der Waals surface area contributed by atoms with E-state index in [0.717, 1.165) is 6.42 Å². The standard InChI is InChI=1S/C19H20N2O2.ClH/c20-12-14-10-11-21(13-14)19(23)17-9-5-4-8-16(17)18(22)15-6-2-1-3-7-15;/h1-9,14H,10-13,20H2;1H. The van der Waals surface area contributed by atoms with Gasteiger partial charge in [-0.2, -0.15) is 0 Å². The van der Waals surface area contributed by atoms with Crippen LogP contribution in [0.25, 0.3) is 0 Å². The average Bonchev–Trinajstić information content (AvgIpc) is 3.10. The van der Waals surface area contributed by atoms with Crippen molar-refractivity contribution in [1.82, 2.24) is 4.90 Å². The molecule has 1 fully saturated rings. The minimum absolute atomic E-state index is 0. The molecule has 1 unspecified atom stereocenters. The Morgan fingerprint density at radius 2 is 1.62 bits per heavy atom. The van der Waals surface area contributed by atoms with E-state index in [9.17, 15) is 9.59 Å². The van der Waals surface area contributed by atoms with Gasteiger partial charge in [0.2, 0.25) is 0 Å². The largest absolute Gasteiger partial charge is 0.338 e. The first kappa shape index (κ1) is 18.2. The monoisotopic (exact) mass is 344 g/mol. The van der Waals surface area contributed by atoms with Gasteiger partial charge in [0.15, 0.2) is 5.78 Å². The molecule has 1 atom stereocenters. The summed E-state index contributed by atoms with van der Waals surface area (Å²) in [7, 11) is 0. The molecule has 0 saturated carbocycles. The highest BCUT2D eigenvalue weighted by Crippen LogP contribution is 2.21. The summed E-state index contributed by atoms with van der Waals surface area (Å²) in [6.45, 7) is 1.96. The lowest BCUT2D eigenvalue weighted by Crippen LogP contribution is -2.31. The van der Waals surface area contributed by atoms with Crippen LogP contribution >= 0.6 is 12.4 Å². The van der Waals surface area contributed by atoms with Crippen molar-refractivity contribution in [3.8, 4) is 0 Å². The zero-order valence-corrected chi connectivity index (χ0v) is 14.2. The van der Waals surface area contributed by atoms with E-state index in [1.165, 1.54) is 0 Å². The molecule has 0 bridgehead atoms. The molecule has 2 aromatic carbocycles. The molecule has 0 aliphatic carbocycles. The molecule has 24 heavy (non-hydrogen) atoms. The number of amides is 1. The smallest absolute Gasteiger partial charge is 0.254 e. The third kappa shape index (κ3) is 3.66. The number of rotatable bonds is 4. The van der Waals surface area contributed by atoms with Crippen molar-refractivity contribution in [3.63, 3.8) is 0 Å². The number of hydrogen-bond acceptors (Lipinski definition) is 3. The Kier molecular flexibility index (Phi) is 6.12. The molecule has 4 nitrogen and oxygen atoms in total. The van der Waals surface area contributed by atoms with Gasteiger partial charge in [0.05, 0.1) is 5.56 Å². The molecular weight excluding hydrogens is 324 g/mol. The van der Waals surface area contributed by atoms with Crippen LogP contribution in [0.4, 0.5) is 0 Å². The summed E-state index contributed by atoms with van der Waals surface area (Å²) in [5.41, 5.74) is 7.22. The van der Waals surface area contributed by atoms with Gasteiger partial charge in [0, 0.05) is 24.2 Å². The number of likely N-dealkylation sites (tertiary alicyclic amines) is 1. The Bertz CT molecular complexity index is 718. The molecule has 1 aliphatic rings. The van der Waals surface area contributed by atoms with Crippen LogP contribution in [-0.4, -0.2) is 36.2 Å². The van der Waals surface area contributed by atoms with Crippen LogP contribution in [0.5, 0.6) is 0 Å². The quantitative estimate of drug-likeness (QED) is 0.867. The minimum Gasteiger partial charge on any atom is -0.338 e. The van der Waals surface area contributed by atoms with Crippen molar-refractivity contribution < 1.29 is 9.59 Å². The fourth-order valence-electron chi connectivity index (χ4n) is 2.99. The number of nitrogens with zero attached hydrogens (tertiary/aromatic N) is 1. The molecule has 2 aromatic rings. The Labute approximate surface area is 148 Å². The van der Waals surface area contributed by atoms with E-state index in [0.29, 0.717) is 42.2 Å². The predicted octanol–water partition coefficient (Wildman–Crippen LogP) is 2.76. The lowest BCUT2D eigenvalue weighted by molar-refractivity contribution is 0.0783. The molecule has 5 heteroatoms. The molecule has 1 amide bonds. The van der Waals surface area contributed by atoms with E-state index in [2.05, 4.69) is 0 Å². The zero-order valence-electron chi connectivity index (χ0n) is 13.4. The fraction of sp³-hybridized carbons (Fsp3) is 0.263. The lowest BCUT2D eigenvalue weighted by Gasteiger charge is -2.18. The lowest BCUT2D eigenvalue weighted by atomic mass is 9.97. The summed E-state index contributed by atoms with van der Waals surface area (Å²) in [6, 6.07) is 16.1. The summed E-state index contributed by atoms with van der Waals surface area (Å²) in [4.78, 5) is 27.3.